The number of halogens is 1. The van der Waals surface area contributed by atoms with E-state index in [0.29, 0.717) is 27.6 Å². The molecule has 0 bridgehead atoms. The van der Waals surface area contributed by atoms with Gasteiger partial charge in [-0.3, -0.25) is 20.0 Å². The van der Waals surface area contributed by atoms with Crippen molar-refractivity contribution in [3.05, 3.63) is 56.8 Å². The molecule has 134 valence electrons. The molecule has 0 fully saturated rings. The molecule has 0 saturated heterocycles. The minimum Gasteiger partial charge on any atom is -0.305 e. The summed E-state index contributed by atoms with van der Waals surface area (Å²) >= 11 is 6.57. The van der Waals surface area contributed by atoms with Gasteiger partial charge in [0, 0.05) is 17.8 Å². The molecule has 0 atom stereocenters. The van der Waals surface area contributed by atoms with Crippen LogP contribution in [0.4, 0.5) is 10.8 Å². The summed E-state index contributed by atoms with van der Waals surface area (Å²) in [7, 11) is 0. The molecule has 4 rings (SSSR count). The lowest BCUT2D eigenvalue weighted by molar-refractivity contribution is -0.380. The number of amides is 1. The second-order valence-corrected chi connectivity index (χ2v) is 6.70. The third-order valence-corrected chi connectivity index (χ3v) is 4.78. The first-order valence-corrected chi connectivity index (χ1v) is 8.59. The van der Waals surface area contributed by atoms with Crippen LogP contribution in [0.25, 0.3) is 22.4 Å². The number of hydrogen-bond acceptors (Lipinski definition) is 8. The maximum Gasteiger partial charge on any atom is 0.324 e. The van der Waals surface area contributed by atoms with Gasteiger partial charge in [-0.15, -0.1) is 0 Å². The molecule has 2 N–H and O–H groups in total. The maximum atomic E-state index is 12.5. The van der Waals surface area contributed by atoms with Crippen LogP contribution in [0.15, 0.2) is 36.7 Å². The van der Waals surface area contributed by atoms with Crippen molar-refractivity contribution >= 4 is 50.7 Å². The van der Waals surface area contributed by atoms with E-state index in [-0.39, 0.29) is 15.7 Å². The molecule has 0 spiro atoms. The SMILES string of the molecule is O=C(Nc1nc(-c2ccc(Cl)nc2)nc2[nH]ncc12)c1ccc([N+](=O)[O-])s1. The lowest BCUT2D eigenvalue weighted by Gasteiger charge is -2.07. The molecule has 12 heteroatoms. The quantitative estimate of drug-likeness (QED) is 0.303. The number of fused-ring (bicyclic) bond motifs is 1. The van der Waals surface area contributed by atoms with Gasteiger partial charge in [-0.2, -0.15) is 5.10 Å². The van der Waals surface area contributed by atoms with Crippen LogP contribution in [0.5, 0.6) is 0 Å². The number of nitrogens with zero attached hydrogens (tertiary/aromatic N) is 5. The zero-order chi connectivity index (χ0) is 19.0. The van der Waals surface area contributed by atoms with E-state index in [2.05, 4.69) is 30.5 Å². The highest BCUT2D eigenvalue weighted by atomic mass is 35.5. The third-order valence-electron chi connectivity index (χ3n) is 3.52. The van der Waals surface area contributed by atoms with Gasteiger partial charge in [-0.1, -0.05) is 22.9 Å². The second kappa shape index (κ2) is 6.70. The Morgan fingerprint density at radius 3 is 2.78 bits per heavy atom. The summed E-state index contributed by atoms with van der Waals surface area (Å²) in [4.78, 5) is 35.6. The first-order valence-electron chi connectivity index (χ1n) is 7.40. The number of hydrogen-bond donors (Lipinski definition) is 2. The van der Waals surface area contributed by atoms with Crippen LogP contribution in [-0.2, 0) is 0 Å². The van der Waals surface area contributed by atoms with Crippen LogP contribution in [0.1, 0.15) is 9.67 Å². The number of carbonyl (C=O) groups excluding carboxylic acids is 1. The normalized spacial score (nSPS) is 10.9. The summed E-state index contributed by atoms with van der Waals surface area (Å²) in [6, 6.07) is 5.95. The molecule has 4 aromatic heterocycles. The topological polar surface area (TPSA) is 140 Å². The van der Waals surface area contributed by atoms with Gasteiger partial charge in [-0.05, 0) is 18.2 Å². The van der Waals surface area contributed by atoms with E-state index < -0.39 is 10.8 Å². The van der Waals surface area contributed by atoms with Crippen LogP contribution in [0.2, 0.25) is 5.15 Å². The van der Waals surface area contributed by atoms with Gasteiger partial charge in [0.25, 0.3) is 5.91 Å². The van der Waals surface area contributed by atoms with E-state index in [1.54, 1.807) is 12.1 Å². The smallest absolute Gasteiger partial charge is 0.305 e. The number of thiophene rings is 1. The minimum atomic E-state index is -0.550. The summed E-state index contributed by atoms with van der Waals surface area (Å²) < 4.78 is 0. The number of carbonyl (C=O) groups is 1. The Kier molecular flexibility index (Phi) is 4.22. The predicted octanol–water partition coefficient (Wildman–Crippen LogP) is 3.29. The van der Waals surface area contributed by atoms with Gasteiger partial charge >= 0.3 is 5.00 Å². The Morgan fingerprint density at radius 2 is 2.07 bits per heavy atom. The molecule has 0 aliphatic carbocycles. The van der Waals surface area contributed by atoms with Crippen molar-refractivity contribution in [3.8, 4) is 11.4 Å². The van der Waals surface area contributed by atoms with Crippen LogP contribution in [0.3, 0.4) is 0 Å². The number of anilines is 1. The van der Waals surface area contributed by atoms with Crippen LogP contribution in [-0.4, -0.2) is 36.0 Å². The highest BCUT2D eigenvalue weighted by Crippen LogP contribution is 2.27. The number of rotatable bonds is 4. The van der Waals surface area contributed by atoms with Crippen molar-refractivity contribution in [2.24, 2.45) is 0 Å². The van der Waals surface area contributed by atoms with Crippen molar-refractivity contribution in [1.82, 2.24) is 25.1 Å². The zero-order valence-corrected chi connectivity index (χ0v) is 14.8. The monoisotopic (exact) mass is 401 g/mol. The van der Waals surface area contributed by atoms with Crippen molar-refractivity contribution in [2.75, 3.05) is 5.32 Å². The Morgan fingerprint density at radius 1 is 1.22 bits per heavy atom. The van der Waals surface area contributed by atoms with E-state index >= 15 is 0 Å². The second-order valence-electron chi connectivity index (χ2n) is 5.25. The van der Waals surface area contributed by atoms with Crippen molar-refractivity contribution in [1.29, 1.82) is 0 Å². The molecular formula is C15H8ClN7O3S. The van der Waals surface area contributed by atoms with E-state index in [1.165, 1.54) is 24.5 Å². The van der Waals surface area contributed by atoms with E-state index in [9.17, 15) is 14.9 Å². The molecule has 0 aliphatic heterocycles. The minimum absolute atomic E-state index is 0.121. The molecule has 0 radical (unpaired) electrons. The average Bonchev–Trinajstić information content (AvgIpc) is 3.32. The molecule has 0 aliphatic rings. The molecule has 0 aromatic carbocycles. The first-order chi connectivity index (χ1) is 13.0. The molecular weight excluding hydrogens is 394 g/mol. The Hall–Kier alpha value is -3.44. The van der Waals surface area contributed by atoms with Gasteiger partial charge in [0.1, 0.15) is 11.0 Å². The summed E-state index contributed by atoms with van der Waals surface area (Å²) in [6.07, 6.45) is 2.99. The predicted molar refractivity (Wildman–Crippen MR) is 98.9 cm³/mol. The van der Waals surface area contributed by atoms with E-state index in [4.69, 9.17) is 11.6 Å². The van der Waals surface area contributed by atoms with Gasteiger partial charge in [0.2, 0.25) is 0 Å². The zero-order valence-electron chi connectivity index (χ0n) is 13.2. The van der Waals surface area contributed by atoms with Crippen molar-refractivity contribution in [2.45, 2.75) is 0 Å². The molecule has 4 heterocycles. The first kappa shape index (κ1) is 17.0. The van der Waals surface area contributed by atoms with E-state index in [1.807, 2.05) is 0 Å². The Bertz CT molecular complexity index is 1170. The van der Waals surface area contributed by atoms with Gasteiger partial charge < -0.3 is 5.32 Å². The van der Waals surface area contributed by atoms with Crippen LogP contribution < -0.4 is 5.32 Å². The van der Waals surface area contributed by atoms with Crippen LogP contribution >= 0.6 is 22.9 Å². The Labute approximate surface area is 159 Å². The summed E-state index contributed by atoms with van der Waals surface area (Å²) in [5.74, 6) is 0.0117. The molecule has 0 saturated carbocycles. The lowest BCUT2D eigenvalue weighted by atomic mass is 10.2. The van der Waals surface area contributed by atoms with Crippen molar-refractivity contribution in [3.63, 3.8) is 0 Å². The maximum absolute atomic E-state index is 12.5. The number of pyridine rings is 1. The number of aromatic amines is 1. The van der Waals surface area contributed by atoms with Gasteiger partial charge in [0.15, 0.2) is 11.5 Å². The fraction of sp³-hybridized carbons (Fsp3) is 0. The Balaban J connectivity index is 1.71. The number of nitrogens with one attached hydrogen (secondary N) is 2. The summed E-state index contributed by atoms with van der Waals surface area (Å²) in [5, 5.41) is 20.8. The molecule has 10 nitrogen and oxygen atoms in total. The fourth-order valence-corrected chi connectivity index (χ4v) is 3.11. The molecule has 4 aromatic rings. The summed E-state index contributed by atoms with van der Waals surface area (Å²) in [6.45, 7) is 0. The highest BCUT2D eigenvalue weighted by molar-refractivity contribution is 7.17. The number of H-pyrrole nitrogens is 1. The number of aromatic nitrogens is 5. The number of nitro groups is 1. The third kappa shape index (κ3) is 3.32. The molecule has 1 amide bonds. The van der Waals surface area contributed by atoms with Crippen LogP contribution in [0, 0.1) is 10.1 Å². The molecule has 0 unspecified atom stereocenters. The highest BCUT2D eigenvalue weighted by Gasteiger charge is 2.18. The standard InChI is InChI=1S/C15H8ClN7O3S/c16-10-3-1-7(5-17-10)12-19-13(8-6-18-22-14(8)20-12)21-15(24)9-2-4-11(27-9)23(25)26/h1-6H,(H2,18,19,20,21,22,24). The average molecular weight is 402 g/mol. The van der Waals surface area contributed by atoms with Crippen molar-refractivity contribution < 1.29 is 9.72 Å². The fourth-order valence-electron chi connectivity index (χ4n) is 2.28. The largest absolute Gasteiger partial charge is 0.324 e. The summed E-state index contributed by atoms with van der Waals surface area (Å²) in [5.41, 5.74) is 1.01. The van der Waals surface area contributed by atoms with Gasteiger partial charge in [0.05, 0.1) is 21.4 Å². The lowest BCUT2D eigenvalue weighted by Crippen LogP contribution is -2.12. The molecule has 27 heavy (non-hydrogen) atoms. The van der Waals surface area contributed by atoms with E-state index in [0.717, 1.165) is 11.3 Å². The van der Waals surface area contributed by atoms with Gasteiger partial charge in [-0.25, -0.2) is 15.0 Å².